The van der Waals surface area contributed by atoms with Crippen LogP contribution in [0.1, 0.15) is 34.8 Å². The number of thioether (sulfide) groups is 1. The van der Waals surface area contributed by atoms with E-state index in [0.717, 1.165) is 21.8 Å². The third-order valence-electron chi connectivity index (χ3n) is 6.16. The molecule has 41 heavy (non-hydrogen) atoms. The van der Waals surface area contributed by atoms with Gasteiger partial charge < -0.3 is 24.8 Å². The molecule has 5 rings (SSSR count). The summed E-state index contributed by atoms with van der Waals surface area (Å²) in [4.78, 5) is 79.3. The number of amides is 3. The lowest BCUT2D eigenvalue weighted by Gasteiger charge is -2.49. The molecule has 3 aliphatic heterocycles. The second kappa shape index (κ2) is 11.7. The topological polar surface area (TPSA) is 170 Å². The first-order valence-corrected chi connectivity index (χ1v) is 14.2. The number of thiazole rings is 1. The SMILES string of the molecule is CC(=O)OCC1=C(C(=O)OC2OC(=O)c3ccccc32)N2C(=O)[C@@H](NC(=O)C(=CCl)c3csc(NC=O)n3)[C@H]2SC1. The number of cyclic esters (lactones) is 1. The molecule has 1 saturated heterocycles. The number of β-lactam (4-membered cyclic amide) rings is 1. The van der Waals surface area contributed by atoms with Gasteiger partial charge in [-0.05, 0) is 6.07 Å². The van der Waals surface area contributed by atoms with Crippen molar-refractivity contribution in [1.29, 1.82) is 0 Å². The number of hydrogen-bond donors (Lipinski definition) is 2. The molecule has 4 heterocycles. The largest absolute Gasteiger partial charge is 0.461 e. The lowest BCUT2D eigenvalue weighted by molar-refractivity contribution is -0.169. The summed E-state index contributed by atoms with van der Waals surface area (Å²) in [7, 11) is 0. The van der Waals surface area contributed by atoms with Crippen LogP contribution in [0, 0.1) is 0 Å². The van der Waals surface area contributed by atoms with Gasteiger partial charge in [-0.3, -0.25) is 24.1 Å². The van der Waals surface area contributed by atoms with Crippen molar-refractivity contribution in [2.45, 2.75) is 24.6 Å². The maximum absolute atomic E-state index is 13.4. The molecule has 0 radical (unpaired) electrons. The molecule has 0 spiro atoms. The average Bonchev–Trinajstić information content (AvgIpc) is 3.54. The van der Waals surface area contributed by atoms with Crippen LogP contribution >= 0.6 is 34.7 Å². The number of hydrogen-bond acceptors (Lipinski definition) is 12. The Balaban J connectivity index is 1.35. The van der Waals surface area contributed by atoms with Gasteiger partial charge in [0.25, 0.3) is 18.1 Å². The van der Waals surface area contributed by atoms with E-state index in [1.807, 2.05) is 0 Å². The third kappa shape index (κ3) is 5.42. The number of ether oxygens (including phenoxy) is 3. The van der Waals surface area contributed by atoms with Gasteiger partial charge in [0.1, 0.15) is 23.7 Å². The van der Waals surface area contributed by atoms with Crippen molar-refractivity contribution in [3.63, 3.8) is 0 Å². The van der Waals surface area contributed by atoms with Gasteiger partial charge in [-0.15, -0.1) is 23.1 Å². The highest BCUT2D eigenvalue weighted by Gasteiger charge is 2.55. The van der Waals surface area contributed by atoms with Gasteiger partial charge in [-0.2, -0.15) is 0 Å². The number of rotatable bonds is 9. The van der Waals surface area contributed by atoms with Gasteiger partial charge >= 0.3 is 17.9 Å². The quantitative estimate of drug-likeness (QED) is 0.182. The Morgan fingerprint density at radius 1 is 1.27 bits per heavy atom. The van der Waals surface area contributed by atoms with Crippen molar-refractivity contribution < 1.29 is 43.0 Å². The zero-order valence-electron chi connectivity index (χ0n) is 21.0. The molecule has 3 amide bonds. The first-order chi connectivity index (χ1) is 19.7. The molecule has 1 aromatic heterocycles. The minimum absolute atomic E-state index is 0.0404. The summed E-state index contributed by atoms with van der Waals surface area (Å²) in [6.07, 6.45) is -0.891. The highest BCUT2D eigenvalue weighted by atomic mass is 35.5. The monoisotopic (exact) mass is 618 g/mol. The number of halogens is 1. The van der Waals surface area contributed by atoms with E-state index in [-0.39, 0.29) is 40.0 Å². The van der Waals surface area contributed by atoms with Crippen LogP contribution < -0.4 is 10.6 Å². The second-order valence-electron chi connectivity index (χ2n) is 8.65. The Hall–Kier alpha value is -4.21. The fourth-order valence-corrected chi connectivity index (χ4v) is 6.49. The molecule has 0 saturated carbocycles. The van der Waals surface area contributed by atoms with E-state index >= 15 is 0 Å². The van der Waals surface area contributed by atoms with Crippen LogP contribution in [0.3, 0.4) is 0 Å². The molecule has 1 fully saturated rings. The molecule has 0 bridgehead atoms. The Bertz CT molecular complexity index is 1540. The van der Waals surface area contributed by atoms with Crippen molar-refractivity contribution in [2.75, 3.05) is 17.7 Å². The first kappa shape index (κ1) is 28.3. The van der Waals surface area contributed by atoms with E-state index < -0.39 is 47.4 Å². The van der Waals surface area contributed by atoms with E-state index in [2.05, 4.69) is 15.6 Å². The zero-order valence-corrected chi connectivity index (χ0v) is 23.3. The number of aromatic nitrogens is 1. The number of carbonyl (C=O) groups excluding carboxylic acids is 6. The molecule has 1 aromatic carbocycles. The van der Waals surface area contributed by atoms with Gasteiger partial charge in [-0.25, -0.2) is 14.6 Å². The Kier molecular flexibility index (Phi) is 8.10. The van der Waals surface area contributed by atoms with Crippen LogP contribution in [0.25, 0.3) is 5.57 Å². The smallest absolute Gasteiger partial charge is 0.358 e. The molecule has 0 aliphatic carbocycles. The third-order valence-corrected chi connectivity index (χ3v) is 8.49. The second-order valence-corrected chi connectivity index (χ2v) is 10.8. The van der Waals surface area contributed by atoms with E-state index in [9.17, 15) is 28.8 Å². The summed E-state index contributed by atoms with van der Waals surface area (Å²) in [6.45, 7) is 0.927. The number of nitrogens with one attached hydrogen (secondary N) is 2. The highest BCUT2D eigenvalue weighted by molar-refractivity contribution is 8.00. The summed E-state index contributed by atoms with van der Waals surface area (Å²) in [5, 5.41) is 6.05. The summed E-state index contributed by atoms with van der Waals surface area (Å²) in [6, 6.07) is 5.37. The maximum atomic E-state index is 13.4. The Morgan fingerprint density at radius 2 is 2.05 bits per heavy atom. The van der Waals surface area contributed by atoms with Crippen molar-refractivity contribution >= 4 is 81.5 Å². The minimum atomic E-state index is -1.33. The number of nitrogens with zero attached hydrogens (tertiary/aromatic N) is 2. The number of carbonyl (C=O) groups is 6. The van der Waals surface area contributed by atoms with Crippen LogP contribution in [0.2, 0.25) is 0 Å². The van der Waals surface area contributed by atoms with Crippen LogP contribution in [0.15, 0.2) is 46.5 Å². The molecule has 13 nitrogen and oxygen atoms in total. The van der Waals surface area contributed by atoms with Crippen LogP contribution in [0.5, 0.6) is 0 Å². The fourth-order valence-electron chi connectivity index (χ4n) is 4.28. The van der Waals surface area contributed by atoms with Crippen LogP contribution in [-0.2, 0) is 38.2 Å². The molecule has 212 valence electrons. The number of fused-ring (bicyclic) bond motifs is 2. The van der Waals surface area contributed by atoms with Crippen LogP contribution in [0.4, 0.5) is 5.13 Å². The predicted molar refractivity (Wildman–Crippen MR) is 145 cm³/mol. The zero-order chi connectivity index (χ0) is 29.3. The minimum Gasteiger partial charge on any atom is -0.461 e. The molecule has 1 unspecified atom stereocenters. The van der Waals surface area contributed by atoms with E-state index in [0.29, 0.717) is 17.5 Å². The molecule has 2 aromatic rings. The Labute approximate surface area is 244 Å². The standard InChI is InChI=1S/C25H19ClN4O9S2/c1-11(32)37-7-12-8-40-21-17(29-19(33)15(6-26)16-9-41-25(28-16)27-10-31)20(34)30(21)18(12)23(36)39-24-14-5-3-2-4-13(14)22(35)38-24/h2-6,9-10,17,21,24H,7-8H2,1H3,(H,29,33)(H,27,28,31)/t17-,21-,24?/m1/s1. The molecular formula is C25H19ClN4O9S2. The van der Waals surface area contributed by atoms with E-state index in [1.54, 1.807) is 18.2 Å². The van der Waals surface area contributed by atoms with Gasteiger partial charge in [0.2, 0.25) is 6.41 Å². The van der Waals surface area contributed by atoms with Crippen molar-refractivity contribution in [3.05, 3.63) is 63.3 Å². The summed E-state index contributed by atoms with van der Waals surface area (Å²) in [5.74, 6) is -3.37. The molecule has 3 atom stereocenters. The summed E-state index contributed by atoms with van der Waals surface area (Å²) < 4.78 is 15.8. The lowest BCUT2D eigenvalue weighted by Crippen LogP contribution is -2.70. The van der Waals surface area contributed by atoms with Gasteiger partial charge in [0.15, 0.2) is 5.13 Å². The van der Waals surface area contributed by atoms with Gasteiger partial charge in [-0.1, -0.05) is 29.8 Å². The van der Waals surface area contributed by atoms with Gasteiger partial charge in [0.05, 0.1) is 16.8 Å². The summed E-state index contributed by atoms with van der Waals surface area (Å²) >= 11 is 8.19. The normalized spacial score (nSPS) is 21.3. The molecule has 3 aliphatic rings. The van der Waals surface area contributed by atoms with E-state index in [1.165, 1.54) is 30.1 Å². The lowest BCUT2D eigenvalue weighted by atomic mass is 10.0. The number of esters is 3. The van der Waals surface area contributed by atoms with Crippen molar-refractivity contribution in [2.24, 2.45) is 0 Å². The highest BCUT2D eigenvalue weighted by Crippen LogP contribution is 2.42. The molecule has 2 N–H and O–H groups in total. The van der Waals surface area contributed by atoms with Crippen LogP contribution in [-0.4, -0.2) is 69.8 Å². The summed E-state index contributed by atoms with van der Waals surface area (Å²) in [5.41, 5.74) is 1.89. The molecule has 16 heteroatoms. The van der Waals surface area contributed by atoms with Gasteiger partial charge in [0, 0.05) is 34.7 Å². The predicted octanol–water partition coefficient (Wildman–Crippen LogP) is 1.92. The number of benzene rings is 1. The van der Waals surface area contributed by atoms with Crippen molar-refractivity contribution in [1.82, 2.24) is 15.2 Å². The van der Waals surface area contributed by atoms with Crippen molar-refractivity contribution in [3.8, 4) is 0 Å². The fraction of sp³-hybridized carbons (Fsp3) is 0.240. The maximum Gasteiger partial charge on any atom is 0.358 e. The Morgan fingerprint density at radius 3 is 2.78 bits per heavy atom. The number of anilines is 1. The average molecular weight is 619 g/mol. The molecular weight excluding hydrogens is 600 g/mol. The first-order valence-electron chi connectivity index (χ1n) is 11.8. The van der Waals surface area contributed by atoms with E-state index in [4.69, 9.17) is 25.8 Å².